The van der Waals surface area contributed by atoms with Crippen LogP contribution < -0.4 is 5.32 Å². The van der Waals surface area contributed by atoms with Gasteiger partial charge < -0.3 is 4.74 Å². The van der Waals surface area contributed by atoms with Gasteiger partial charge in [0.05, 0.1) is 19.9 Å². The van der Waals surface area contributed by atoms with Gasteiger partial charge in [-0.1, -0.05) is 13.8 Å². The van der Waals surface area contributed by atoms with E-state index < -0.39 is 17.4 Å². The highest BCUT2D eigenvalue weighted by Crippen LogP contribution is 2.32. The van der Waals surface area contributed by atoms with Gasteiger partial charge in [-0.05, 0) is 12.8 Å². The minimum atomic E-state index is -1.11. The summed E-state index contributed by atoms with van der Waals surface area (Å²) in [6.07, 6.45) is 0.780. The summed E-state index contributed by atoms with van der Waals surface area (Å²) >= 11 is 0. The fraction of sp³-hybridized carbons (Fsp3) is 0.769. The molecule has 2 aliphatic rings. The van der Waals surface area contributed by atoms with Crippen LogP contribution in [0.2, 0.25) is 0 Å². The third-order valence-corrected chi connectivity index (χ3v) is 4.21. The Bertz CT molecular complexity index is 414. The second-order valence-corrected chi connectivity index (χ2v) is 5.15. The standard InChI is InChI=1S/C13H21N3O4/c1-3-13(4-2)10(17)14-12(19)16(11(13)18)9-15-5-7-20-8-6-15/h3-9H2,1-2H3,(H,14,17,19). The van der Waals surface area contributed by atoms with E-state index in [1.165, 1.54) is 0 Å². The first-order valence-electron chi connectivity index (χ1n) is 7.02. The van der Waals surface area contributed by atoms with Crippen LogP contribution in [-0.4, -0.2) is 60.6 Å². The zero-order chi connectivity index (χ0) is 14.8. The van der Waals surface area contributed by atoms with Gasteiger partial charge in [0.15, 0.2) is 0 Å². The van der Waals surface area contributed by atoms with Crippen LogP contribution in [0.5, 0.6) is 0 Å². The van der Waals surface area contributed by atoms with E-state index in [2.05, 4.69) is 5.32 Å². The third kappa shape index (κ3) is 2.43. The lowest BCUT2D eigenvalue weighted by Gasteiger charge is -2.40. The maximum atomic E-state index is 12.6. The van der Waals surface area contributed by atoms with Crippen molar-refractivity contribution in [1.29, 1.82) is 0 Å². The Morgan fingerprint density at radius 1 is 1.15 bits per heavy atom. The molecule has 0 spiro atoms. The molecule has 0 bridgehead atoms. The molecule has 0 atom stereocenters. The lowest BCUT2D eigenvalue weighted by Crippen LogP contribution is -2.65. The highest BCUT2D eigenvalue weighted by molar-refractivity contribution is 6.19. The number of hydrogen-bond acceptors (Lipinski definition) is 5. The van der Waals surface area contributed by atoms with E-state index in [9.17, 15) is 14.4 Å². The summed E-state index contributed by atoms with van der Waals surface area (Å²) in [5.41, 5.74) is -1.11. The predicted octanol–water partition coefficient (Wildman–Crippen LogP) is 0.161. The molecule has 2 fully saturated rings. The summed E-state index contributed by atoms with van der Waals surface area (Å²) in [5.74, 6) is -0.863. The van der Waals surface area contributed by atoms with Crippen molar-refractivity contribution in [3.05, 3.63) is 0 Å². The molecule has 7 nitrogen and oxygen atoms in total. The molecule has 0 radical (unpaired) electrons. The van der Waals surface area contributed by atoms with Crippen molar-refractivity contribution >= 4 is 17.8 Å². The molecule has 0 aromatic carbocycles. The zero-order valence-electron chi connectivity index (χ0n) is 12.0. The molecule has 2 saturated heterocycles. The van der Waals surface area contributed by atoms with Crippen molar-refractivity contribution in [3.8, 4) is 0 Å². The van der Waals surface area contributed by atoms with Crippen LogP contribution in [0.4, 0.5) is 4.79 Å². The van der Waals surface area contributed by atoms with Gasteiger partial charge in [-0.15, -0.1) is 0 Å². The van der Waals surface area contributed by atoms with Crippen molar-refractivity contribution in [2.24, 2.45) is 5.41 Å². The van der Waals surface area contributed by atoms with Gasteiger partial charge in [0.1, 0.15) is 5.41 Å². The van der Waals surface area contributed by atoms with Crippen LogP contribution in [-0.2, 0) is 14.3 Å². The maximum absolute atomic E-state index is 12.6. The van der Waals surface area contributed by atoms with E-state index >= 15 is 0 Å². The monoisotopic (exact) mass is 283 g/mol. The molecule has 2 heterocycles. The SMILES string of the molecule is CCC1(CC)C(=O)NC(=O)N(CN2CCOCC2)C1=O. The van der Waals surface area contributed by atoms with Gasteiger partial charge in [0, 0.05) is 13.1 Å². The summed E-state index contributed by atoms with van der Waals surface area (Å²) in [7, 11) is 0. The molecular weight excluding hydrogens is 262 g/mol. The number of carbonyl (C=O) groups is 3. The Hall–Kier alpha value is -1.47. The van der Waals surface area contributed by atoms with Crippen LogP contribution in [0.25, 0.3) is 0 Å². The van der Waals surface area contributed by atoms with Gasteiger partial charge in [-0.3, -0.25) is 19.8 Å². The first-order chi connectivity index (χ1) is 9.55. The fourth-order valence-corrected chi connectivity index (χ4v) is 2.68. The van der Waals surface area contributed by atoms with Gasteiger partial charge in [0.25, 0.3) is 0 Å². The second kappa shape index (κ2) is 5.88. The van der Waals surface area contributed by atoms with E-state index in [1.807, 2.05) is 4.90 Å². The van der Waals surface area contributed by atoms with Crippen molar-refractivity contribution in [2.75, 3.05) is 33.0 Å². The lowest BCUT2D eigenvalue weighted by atomic mass is 9.79. The van der Waals surface area contributed by atoms with Crippen molar-refractivity contribution in [3.63, 3.8) is 0 Å². The van der Waals surface area contributed by atoms with Crippen molar-refractivity contribution in [2.45, 2.75) is 26.7 Å². The van der Waals surface area contributed by atoms with Crippen LogP contribution in [0.15, 0.2) is 0 Å². The van der Waals surface area contributed by atoms with Crippen LogP contribution in [0.3, 0.4) is 0 Å². The fourth-order valence-electron chi connectivity index (χ4n) is 2.68. The Morgan fingerprint density at radius 3 is 2.30 bits per heavy atom. The summed E-state index contributed by atoms with van der Waals surface area (Å²) in [6.45, 7) is 6.34. The van der Waals surface area contributed by atoms with Crippen LogP contribution in [0, 0.1) is 5.41 Å². The Balaban J connectivity index is 2.16. The predicted molar refractivity (Wildman–Crippen MR) is 70.7 cm³/mol. The topological polar surface area (TPSA) is 79.0 Å². The third-order valence-electron chi connectivity index (χ3n) is 4.21. The maximum Gasteiger partial charge on any atom is 0.331 e. The molecule has 20 heavy (non-hydrogen) atoms. The van der Waals surface area contributed by atoms with Crippen molar-refractivity contribution < 1.29 is 19.1 Å². The molecule has 0 aromatic heterocycles. The number of amides is 4. The number of hydrogen-bond donors (Lipinski definition) is 1. The smallest absolute Gasteiger partial charge is 0.331 e. The molecule has 0 aliphatic carbocycles. The molecule has 4 amide bonds. The summed E-state index contributed by atoms with van der Waals surface area (Å²) in [4.78, 5) is 39.7. The number of ether oxygens (including phenoxy) is 1. The normalized spacial score (nSPS) is 23.9. The van der Waals surface area contributed by atoms with Gasteiger partial charge in [0.2, 0.25) is 11.8 Å². The largest absolute Gasteiger partial charge is 0.379 e. The lowest BCUT2D eigenvalue weighted by molar-refractivity contribution is -0.154. The van der Waals surface area contributed by atoms with E-state index in [-0.39, 0.29) is 12.6 Å². The zero-order valence-corrected chi connectivity index (χ0v) is 12.0. The van der Waals surface area contributed by atoms with E-state index in [0.717, 1.165) is 4.90 Å². The van der Waals surface area contributed by atoms with E-state index in [0.29, 0.717) is 39.1 Å². The van der Waals surface area contributed by atoms with Gasteiger partial charge in [-0.25, -0.2) is 9.69 Å². The highest BCUT2D eigenvalue weighted by Gasteiger charge is 2.51. The van der Waals surface area contributed by atoms with Gasteiger partial charge >= 0.3 is 6.03 Å². The number of barbiturate groups is 1. The number of morpholine rings is 1. The number of urea groups is 1. The minimum absolute atomic E-state index is 0.211. The second-order valence-electron chi connectivity index (χ2n) is 5.15. The molecule has 112 valence electrons. The molecule has 7 heteroatoms. The Morgan fingerprint density at radius 2 is 1.75 bits per heavy atom. The van der Waals surface area contributed by atoms with Crippen LogP contribution in [0.1, 0.15) is 26.7 Å². The molecule has 1 N–H and O–H groups in total. The molecular formula is C13H21N3O4. The van der Waals surface area contributed by atoms with E-state index in [1.54, 1.807) is 13.8 Å². The average molecular weight is 283 g/mol. The average Bonchev–Trinajstić information content (AvgIpc) is 2.46. The number of carbonyl (C=O) groups excluding carboxylic acids is 3. The summed E-state index contributed by atoms with van der Waals surface area (Å²) in [6, 6.07) is -0.621. The van der Waals surface area contributed by atoms with Crippen LogP contribution >= 0.6 is 0 Å². The van der Waals surface area contributed by atoms with E-state index in [4.69, 9.17) is 4.74 Å². The molecule has 2 aliphatic heterocycles. The summed E-state index contributed by atoms with van der Waals surface area (Å²) in [5, 5.41) is 2.31. The molecule has 2 rings (SSSR count). The Kier molecular flexibility index (Phi) is 4.39. The number of rotatable bonds is 4. The first kappa shape index (κ1) is 14.9. The Labute approximate surface area is 118 Å². The number of nitrogens with zero attached hydrogens (tertiary/aromatic N) is 2. The van der Waals surface area contributed by atoms with Gasteiger partial charge in [-0.2, -0.15) is 0 Å². The number of nitrogens with one attached hydrogen (secondary N) is 1. The minimum Gasteiger partial charge on any atom is -0.379 e. The highest BCUT2D eigenvalue weighted by atomic mass is 16.5. The molecule has 0 aromatic rings. The first-order valence-corrected chi connectivity index (χ1v) is 7.02. The number of imide groups is 2. The van der Waals surface area contributed by atoms with Crippen molar-refractivity contribution in [1.82, 2.24) is 15.1 Å². The molecule has 0 saturated carbocycles. The summed E-state index contributed by atoms with van der Waals surface area (Å²) < 4.78 is 5.24. The quantitative estimate of drug-likeness (QED) is 0.744. The molecule has 0 unspecified atom stereocenters.